The first-order chi connectivity index (χ1) is 14.6. The zero-order valence-corrected chi connectivity index (χ0v) is 17.0. The molecular weight excluding hydrogens is 400 g/mol. The minimum absolute atomic E-state index is 0.0834. The average Bonchev–Trinajstić information content (AvgIpc) is 3.16. The zero-order chi connectivity index (χ0) is 21.1. The highest BCUT2D eigenvalue weighted by Crippen LogP contribution is 2.38. The van der Waals surface area contributed by atoms with Crippen LogP contribution in [0.2, 0.25) is 5.02 Å². The van der Waals surface area contributed by atoms with E-state index in [-0.39, 0.29) is 5.69 Å². The number of imidazole rings is 1. The predicted octanol–water partition coefficient (Wildman–Crippen LogP) is 5.76. The van der Waals surface area contributed by atoms with E-state index in [0.717, 1.165) is 11.1 Å². The number of hydrogen-bond donors (Lipinski definition) is 1. The zero-order valence-electron chi connectivity index (χ0n) is 16.2. The molecule has 0 amide bonds. The molecule has 6 heteroatoms. The molecule has 0 radical (unpaired) electrons. The first kappa shape index (κ1) is 19.9. The van der Waals surface area contributed by atoms with Crippen LogP contribution in [0, 0.1) is 0 Å². The van der Waals surface area contributed by atoms with E-state index in [4.69, 9.17) is 16.3 Å². The van der Waals surface area contributed by atoms with Gasteiger partial charge in [-0.1, -0.05) is 90.5 Å². The Morgan fingerprint density at radius 3 is 2.17 bits per heavy atom. The van der Waals surface area contributed by atoms with Crippen molar-refractivity contribution in [3.63, 3.8) is 0 Å². The maximum Gasteiger partial charge on any atom is 0.356 e. The number of rotatable bonds is 6. The lowest BCUT2D eigenvalue weighted by Gasteiger charge is -2.23. The number of carboxylic acids is 1. The third-order valence-corrected chi connectivity index (χ3v) is 5.15. The summed E-state index contributed by atoms with van der Waals surface area (Å²) in [5.74, 6) is -0.651. The van der Waals surface area contributed by atoms with E-state index in [1.54, 1.807) is 29.9 Å². The number of ether oxygens (including phenoxy) is 1. The Balaban J connectivity index is 2.09. The van der Waals surface area contributed by atoms with Crippen molar-refractivity contribution in [1.82, 2.24) is 9.55 Å². The fraction of sp³-hybridized carbons (Fsp3) is 0.0833. The lowest BCUT2D eigenvalue weighted by Crippen LogP contribution is -2.16. The van der Waals surface area contributed by atoms with Gasteiger partial charge in [0, 0.05) is 28.8 Å². The molecule has 3 aromatic carbocycles. The second kappa shape index (κ2) is 8.53. The molecule has 30 heavy (non-hydrogen) atoms. The van der Waals surface area contributed by atoms with E-state index in [2.05, 4.69) is 4.98 Å². The third-order valence-electron chi connectivity index (χ3n) is 4.82. The molecule has 0 aliphatic heterocycles. The highest BCUT2D eigenvalue weighted by atomic mass is 35.5. The van der Waals surface area contributed by atoms with E-state index >= 15 is 0 Å². The van der Waals surface area contributed by atoms with Crippen molar-refractivity contribution in [2.45, 2.75) is 6.23 Å². The molecule has 1 N–H and O–H groups in total. The number of halogens is 1. The summed E-state index contributed by atoms with van der Waals surface area (Å²) < 4.78 is 7.67. The molecule has 1 atom stereocenters. The van der Waals surface area contributed by atoms with Gasteiger partial charge < -0.3 is 9.84 Å². The van der Waals surface area contributed by atoms with Crippen molar-refractivity contribution < 1.29 is 14.6 Å². The van der Waals surface area contributed by atoms with Gasteiger partial charge in [-0.2, -0.15) is 0 Å². The monoisotopic (exact) mass is 418 g/mol. The summed E-state index contributed by atoms with van der Waals surface area (Å²) in [7, 11) is 1.59. The lowest BCUT2D eigenvalue weighted by molar-refractivity contribution is 0.0689. The second-order valence-corrected chi connectivity index (χ2v) is 7.06. The van der Waals surface area contributed by atoms with E-state index in [1.807, 2.05) is 66.7 Å². The Bertz CT molecular complexity index is 1170. The molecule has 4 aromatic rings. The highest BCUT2D eigenvalue weighted by molar-refractivity contribution is 6.33. The largest absolute Gasteiger partial charge is 0.476 e. The smallest absolute Gasteiger partial charge is 0.356 e. The van der Waals surface area contributed by atoms with Gasteiger partial charge in [-0.3, -0.25) is 4.57 Å². The highest BCUT2D eigenvalue weighted by Gasteiger charge is 2.30. The van der Waals surface area contributed by atoms with Gasteiger partial charge in [-0.05, 0) is 6.07 Å². The van der Waals surface area contributed by atoms with Gasteiger partial charge in [-0.25, -0.2) is 9.78 Å². The average molecular weight is 419 g/mol. The molecule has 0 spiro atoms. The van der Waals surface area contributed by atoms with Crippen LogP contribution in [0.15, 0.2) is 84.9 Å². The van der Waals surface area contributed by atoms with Gasteiger partial charge >= 0.3 is 5.97 Å². The Labute approximate surface area is 179 Å². The molecule has 0 saturated carbocycles. The van der Waals surface area contributed by atoms with Crippen LogP contribution in [0.5, 0.6) is 0 Å². The van der Waals surface area contributed by atoms with Crippen molar-refractivity contribution in [2.75, 3.05) is 7.11 Å². The molecule has 0 aliphatic rings. The van der Waals surface area contributed by atoms with Gasteiger partial charge in [0.1, 0.15) is 5.82 Å². The van der Waals surface area contributed by atoms with E-state index in [1.165, 1.54) is 0 Å². The molecule has 1 aromatic heterocycles. The summed E-state index contributed by atoms with van der Waals surface area (Å²) in [6, 6.07) is 26.2. The topological polar surface area (TPSA) is 64.4 Å². The van der Waals surface area contributed by atoms with Gasteiger partial charge in [-0.15, -0.1) is 0 Å². The molecule has 0 bridgehead atoms. The molecule has 0 saturated heterocycles. The lowest BCUT2D eigenvalue weighted by atomic mass is 10.1. The first-order valence-corrected chi connectivity index (χ1v) is 9.73. The molecule has 1 heterocycles. The van der Waals surface area contributed by atoms with Crippen molar-refractivity contribution >= 4 is 17.6 Å². The molecule has 5 nitrogen and oxygen atoms in total. The number of aromatic carboxylic acids is 1. The summed E-state index contributed by atoms with van der Waals surface area (Å²) in [5, 5.41) is 10.4. The maximum absolute atomic E-state index is 12.2. The number of aromatic nitrogens is 2. The summed E-state index contributed by atoms with van der Waals surface area (Å²) in [4.78, 5) is 16.7. The Kier molecular flexibility index (Phi) is 5.65. The van der Waals surface area contributed by atoms with Crippen LogP contribution in [0.4, 0.5) is 0 Å². The predicted molar refractivity (Wildman–Crippen MR) is 117 cm³/mol. The van der Waals surface area contributed by atoms with Crippen molar-refractivity contribution in [3.05, 3.63) is 101 Å². The van der Waals surface area contributed by atoms with Crippen molar-refractivity contribution in [3.8, 4) is 22.6 Å². The number of benzene rings is 3. The molecule has 1 unspecified atom stereocenters. The quantitative estimate of drug-likeness (QED) is 0.432. The molecular formula is C24H19ClN2O3. The fourth-order valence-corrected chi connectivity index (χ4v) is 3.75. The Morgan fingerprint density at radius 1 is 0.967 bits per heavy atom. The van der Waals surface area contributed by atoms with Crippen LogP contribution in [-0.2, 0) is 4.74 Å². The van der Waals surface area contributed by atoms with Crippen LogP contribution in [0.3, 0.4) is 0 Å². The first-order valence-electron chi connectivity index (χ1n) is 9.35. The van der Waals surface area contributed by atoms with Crippen LogP contribution in [0.25, 0.3) is 22.6 Å². The number of carboxylic acid groups (broad SMARTS) is 1. The molecule has 0 aliphatic carbocycles. The van der Waals surface area contributed by atoms with Gasteiger partial charge in [0.2, 0.25) is 0 Å². The third kappa shape index (κ3) is 3.61. The van der Waals surface area contributed by atoms with Crippen LogP contribution in [-0.4, -0.2) is 27.7 Å². The van der Waals surface area contributed by atoms with E-state index in [0.29, 0.717) is 22.1 Å². The van der Waals surface area contributed by atoms with Gasteiger partial charge in [0.05, 0.1) is 5.69 Å². The second-order valence-electron chi connectivity index (χ2n) is 6.65. The minimum Gasteiger partial charge on any atom is -0.476 e. The van der Waals surface area contributed by atoms with Crippen LogP contribution < -0.4 is 0 Å². The van der Waals surface area contributed by atoms with E-state index < -0.39 is 12.2 Å². The summed E-state index contributed by atoms with van der Waals surface area (Å²) in [6.07, 6.45) is -0.603. The molecule has 4 rings (SSSR count). The molecule has 0 fully saturated rings. The van der Waals surface area contributed by atoms with Crippen molar-refractivity contribution in [1.29, 1.82) is 0 Å². The van der Waals surface area contributed by atoms with Crippen molar-refractivity contribution in [2.24, 2.45) is 0 Å². The van der Waals surface area contributed by atoms with E-state index in [9.17, 15) is 9.90 Å². The summed E-state index contributed by atoms with van der Waals surface area (Å²) in [6.45, 7) is 0. The number of methoxy groups -OCH3 is 1. The Hall–Kier alpha value is -3.41. The number of nitrogens with zero attached hydrogens (tertiary/aromatic N) is 2. The van der Waals surface area contributed by atoms with Crippen LogP contribution in [0.1, 0.15) is 22.3 Å². The minimum atomic E-state index is -1.14. The molecule has 150 valence electrons. The van der Waals surface area contributed by atoms with Gasteiger partial charge in [0.25, 0.3) is 0 Å². The summed E-state index contributed by atoms with van der Waals surface area (Å²) >= 11 is 6.48. The maximum atomic E-state index is 12.2. The normalized spacial score (nSPS) is 11.9. The summed E-state index contributed by atoms with van der Waals surface area (Å²) in [5.41, 5.74) is 2.52. The SMILES string of the molecule is COC(c1ccccc1)n1c(-c2ccccc2)nc(C(=O)O)c1-c1ccccc1Cl. The Morgan fingerprint density at radius 2 is 1.57 bits per heavy atom. The number of hydrogen-bond acceptors (Lipinski definition) is 3. The standard InChI is InChI=1S/C24H19ClN2O3/c1-30-23(17-12-6-3-7-13-17)27-21(18-14-8-9-15-19(18)25)20(24(28)29)26-22(27)16-10-4-2-5-11-16/h2-15,23H,1H3,(H,28,29). The number of carbonyl (C=O) groups is 1. The van der Waals surface area contributed by atoms with Gasteiger partial charge in [0.15, 0.2) is 11.9 Å². The fourth-order valence-electron chi connectivity index (χ4n) is 3.52. The van der Waals surface area contributed by atoms with Crippen LogP contribution >= 0.6 is 11.6 Å².